The third-order valence-corrected chi connectivity index (χ3v) is 4.63. The lowest BCUT2D eigenvalue weighted by atomic mass is 10.2. The molecule has 0 atom stereocenters. The molecule has 0 amide bonds. The first kappa shape index (κ1) is 17.7. The number of carbonyl (C=O) groups excluding carboxylic acids is 1. The second-order valence-corrected chi connectivity index (χ2v) is 6.60. The van der Waals surface area contributed by atoms with Crippen molar-refractivity contribution >= 4 is 33.2 Å². The standard InChI is InChI=1S/C16H18BrNO4S/c1-3-4-5-22-15-12(17)6-10(7-13(15)21-2)16-18-11(9-23-16)8-14(19)20/h6-7,9H,3-5,8H2,1-2H3,(H,19,20)/p-1. The molecule has 1 aromatic heterocycles. The van der Waals surface area contributed by atoms with E-state index >= 15 is 0 Å². The number of nitrogens with zero attached hydrogens (tertiary/aromatic N) is 1. The molecule has 124 valence electrons. The van der Waals surface area contributed by atoms with E-state index in [4.69, 9.17) is 9.47 Å². The molecule has 1 aromatic carbocycles. The van der Waals surface area contributed by atoms with Gasteiger partial charge in [0.05, 0.1) is 23.9 Å². The number of aromatic nitrogens is 1. The van der Waals surface area contributed by atoms with Gasteiger partial charge < -0.3 is 19.4 Å². The fourth-order valence-electron chi connectivity index (χ4n) is 1.97. The highest BCUT2D eigenvalue weighted by molar-refractivity contribution is 9.10. The molecule has 2 aromatic rings. The molecule has 0 unspecified atom stereocenters. The third-order valence-electron chi connectivity index (χ3n) is 3.10. The Bertz CT molecular complexity index is 687. The van der Waals surface area contributed by atoms with Gasteiger partial charge in [-0.1, -0.05) is 13.3 Å². The first-order valence-electron chi connectivity index (χ1n) is 7.20. The Morgan fingerprint density at radius 1 is 1.43 bits per heavy atom. The van der Waals surface area contributed by atoms with Crippen molar-refractivity contribution in [2.75, 3.05) is 13.7 Å². The zero-order valence-corrected chi connectivity index (χ0v) is 15.3. The predicted molar refractivity (Wildman–Crippen MR) is 90.9 cm³/mol. The van der Waals surface area contributed by atoms with E-state index in [1.54, 1.807) is 12.5 Å². The zero-order valence-electron chi connectivity index (χ0n) is 12.9. The van der Waals surface area contributed by atoms with Gasteiger partial charge in [-0.05, 0) is 34.5 Å². The first-order chi connectivity index (χ1) is 11.0. The van der Waals surface area contributed by atoms with Crippen molar-refractivity contribution in [3.63, 3.8) is 0 Å². The molecule has 5 nitrogen and oxygen atoms in total. The van der Waals surface area contributed by atoms with Crippen LogP contribution in [-0.4, -0.2) is 24.7 Å². The van der Waals surface area contributed by atoms with E-state index in [0.717, 1.165) is 27.9 Å². The molecule has 23 heavy (non-hydrogen) atoms. The monoisotopic (exact) mass is 398 g/mol. The number of carbonyl (C=O) groups is 1. The Hall–Kier alpha value is -1.60. The van der Waals surface area contributed by atoms with Gasteiger partial charge in [-0.15, -0.1) is 11.3 Å². The van der Waals surface area contributed by atoms with Crippen molar-refractivity contribution in [1.29, 1.82) is 0 Å². The minimum Gasteiger partial charge on any atom is -0.550 e. The number of carboxylic acids is 1. The lowest BCUT2D eigenvalue weighted by Gasteiger charge is -2.13. The number of benzene rings is 1. The Kier molecular flexibility index (Phi) is 6.41. The van der Waals surface area contributed by atoms with Crippen LogP contribution in [0.15, 0.2) is 22.0 Å². The lowest BCUT2D eigenvalue weighted by Crippen LogP contribution is -2.24. The van der Waals surface area contributed by atoms with Gasteiger partial charge in [0.15, 0.2) is 11.5 Å². The summed E-state index contributed by atoms with van der Waals surface area (Å²) in [5.74, 6) is 0.138. The Balaban J connectivity index is 2.28. The molecule has 0 radical (unpaired) electrons. The van der Waals surface area contributed by atoms with E-state index in [1.807, 2.05) is 12.1 Å². The molecular formula is C16H17BrNO4S-. The number of halogens is 1. The van der Waals surface area contributed by atoms with E-state index in [-0.39, 0.29) is 6.42 Å². The number of hydrogen-bond acceptors (Lipinski definition) is 6. The summed E-state index contributed by atoms with van der Waals surface area (Å²) in [6.45, 7) is 2.73. The van der Waals surface area contributed by atoms with Crippen LogP contribution in [-0.2, 0) is 11.2 Å². The van der Waals surface area contributed by atoms with Crippen LogP contribution in [0, 0.1) is 0 Å². The summed E-state index contributed by atoms with van der Waals surface area (Å²) in [4.78, 5) is 15.0. The SMILES string of the molecule is CCCCOc1c(Br)cc(-c2nc(CC(=O)[O-])cs2)cc1OC. The molecule has 0 N–H and O–H groups in total. The minimum atomic E-state index is -1.14. The van der Waals surface area contributed by atoms with Crippen LogP contribution in [0.2, 0.25) is 0 Å². The van der Waals surface area contributed by atoms with Crippen LogP contribution in [0.5, 0.6) is 11.5 Å². The largest absolute Gasteiger partial charge is 0.550 e. The molecule has 0 saturated carbocycles. The highest BCUT2D eigenvalue weighted by Crippen LogP contribution is 2.40. The fourth-order valence-corrected chi connectivity index (χ4v) is 3.33. The van der Waals surface area contributed by atoms with Gasteiger partial charge in [0.25, 0.3) is 0 Å². The number of rotatable bonds is 8. The molecule has 0 aliphatic carbocycles. The summed E-state index contributed by atoms with van der Waals surface area (Å²) in [5.41, 5.74) is 1.33. The number of unbranched alkanes of at least 4 members (excludes halogenated alkanes) is 1. The highest BCUT2D eigenvalue weighted by atomic mass is 79.9. The number of aliphatic carboxylic acids is 1. The normalized spacial score (nSPS) is 10.6. The quantitative estimate of drug-likeness (QED) is 0.638. The Morgan fingerprint density at radius 3 is 2.87 bits per heavy atom. The second kappa shape index (κ2) is 8.31. The number of carboxylic acid groups (broad SMARTS) is 1. The average Bonchev–Trinajstić information content (AvgIpc) is 2.96. The first-order valence-corrected chi connectivity index (χ1v) is 8.87. The van der Waals surface area contributed by atoms with Crippen LogP contribution in [0.1, 0.15) is 25.5 Å². The van der Waals surface area contributed by atoms with Crippen molar-refractivity contribution in [3.05, 3.63) is 27.7 Å². The van der Waals surface area contributed by atoms with Crippen LogP contribution in [0.25, 0.3) is 10.6 Å². The van der Waals surface area contributed by atoms with Crippen molar-refractivity contribution in [1.82, 2.24) is 4.98 Å². The van der Waals surface area contributed by atoms with Gasteiger partial charge in [-0.2, -0.15) is 0 Å². The fraction of sp³-hybridized carbons (Fsp3) is 0.375. The van der Waals surface area contributed by atoms with E-state index in [2.05, 4.69) is 27.8 Å². The van der Waals surface area contributed by atoms with Crippen LogP contribution >= 0.6 is 27.3 Å². The molecule has 0 fully saturated rings. The molecule has 0 aliphatic heterocycles. The smallest absolute Gasteiger partial charge is 0.175 e. The van der Waals surface area contributed by atoms with Gasteiger partial charge in [-0.25, -0.2) is 4.98 Å². The number of ether oxygens (including phenoxy) is 2. The molecule has 7 heteroatoms. The summed E-state index contributed by atoms with van der Waals surface area (Å²) in [6, 6.07) is 3.74. The number of thiazole rings is 1. The van der Waals surface area contributed by atoms with Gasteiger partial charge in [0.1, 0.15) is 5.01 Å². The van der Waals surface area contributed by atoms with E-state index in [1.165, 1.54) is 11.3 Å². The van der Waals surface area contributed by atoms with Crippen LogP contribution in [0.3, 0.4) is 0 Å². The summed E-state index contributed by atoms with van der Waals surface area (Å²) in [7, 11) is 1.58. The predicted octanol–water partition coefficient (Wildman–Crippen LogP) is 3.05. The van der Waals surface area contributed by atoms with Gasteiger partial charge in [-0.3, -0.25) is 0 Å². The average molecular weight is 399 g/mol. The summed E-state index contributed by atoms with van der Waals surface area (Å²) < 4.78 is 12.0. The highest BCUT2D eigenvalue weighted by Gasteiger charge is 2.14. The van der Waals surface area contributed by atoms with E-state index < -0.39 is 5.97 Å². The van der Waals surface area contributed by atoms with Crippen molar-refractivity contribution in [2.45, 2.75) is 26.2 Å². The van der Waals surface area contributed by atoms with E-state index in [9.17, 15) is 9.90 Å². The number of methoxy groups -OCH3 is 1. The minimum absolute atomic E-state index is 0.187. The van der Waals surface area contributed by atoms with Gasteiger partial charge >= 0.3 is 0 Å². The molecular weight excluding hydrogens is 382 g/mol. The van der Waals surface area contributed by atoms with Crippen LogP contribution in [0.4, 0.5) is 0 Å². The summed E-state index contributed by atoms with van der Waals surface area (Å²) in [6.07, 6.45) is 1.84. The Labute approximate surface area is 147 Å². The molecule has 0 saturated heterocycles. The molecule has 2 rings (SSSR count). The summed E-state index contributed by atoms with van der Waals surface area (Å²) >= 11 is 4.88. The molecule has 1 heterocycles. The molecule has 0 spiro atoms. The third kappa shape index (κ3) is 4.68. The molecule has 0 aliphatic rings. The summed E-state index contributed by atoms with van der Waals surface area (Å²) in [5, 5.41) is 13.1. The van der Waals surface area contributed by atoms with Crippen molar-refractivity contribution in [2.24, 2.45) is 0 Å². The zero-order chi connectivity index (χ0) is 16.8. The topological polar surface area (TPSA) is 71.5 Å². The van der Waals surface area contributed by atoms with Crippen molar-refractivity contribution < 1.29 is 19.4 Å². The van der Waals surface area contributed by atoms with Gasteiger partial charge in [0, 0.05) is 23.3 Å². The molecule has 0 bridgehead atoms. The lowest BCUT2D eigenvalue weighted by molar-refractivity contribution is -0.304. The maximum absolute atomic E-state index is 10.6. The number of hydrogen-bond donors (Lipinski definition) is 0. The van der Waals surface area contributed by atoms with Gasteiger partial charge in [0.2, 0.25) is 0 Å². The van der Waals surface area contributed by atoms with Crippen LogP contribution < -0.4 is 14.6 Å². The Morgan fingerprint density at radius 2 is 2.22 bits per heavy atom. The van der Waals surface area contributed by atoms with E-state index in [0.29, 0.717) is 23.8 Å². The maximum atomic E-state index is 10.6. The van der Waals surface area contributed by atoms with Crippen molar-refractivity contribution in [3.8, 4) is 22.1 Å². The second-order valence-electron chi connectivity index (χ2n) is 4.88. The maximum Gasteiger partial charge on any atom is 0.175 e.